The number of amides is 1. The Balaban J connectivity index is 1.60. The number of benzene rings is 2. The Morgan fingerprint density at radius 3 is 2.62 bits per heavy atom. The highest BCUT2D eigenvalue weighted by atomic mass is 32.2. The molecule has 1 fully saturated rings. The maximum absolute atomic E-state index is 13.0. The molecule has 0 radical (unpaired) electrons. The van der Waals surface area contributed by atoms with Crippen LogP contribution in [0.3, 0.4) is 0 Å². The topological polar surface area (TPSA) is 107 Å². The number of carbonyl (C=O) groups excluding carboxylic acids is 1. The van der Waals surface area contributed by atoms with Crippen molar-refractivity contribution in [3.8, 4) is 11.3 Å². The van der Waals surface area contributed by atoms with Gasteiger partial charge in [0.05, 0.1) is 49.5 Å². The molecule has 37 heavy (non-hydrogen) atoms. The van der Waals surface area contributed by atoms with Crippen LogP contribution in [0.1, 0.15) is 40.9 Å². The molecule has 0 spiro atoms. The number of anilines is 1. The lowest BCUT2D eigenvalue weighted by molar-refractivity contribution is -0.0645. The third-order valence-electron chi connectivity index (χ3n) is 6.88. The number of nitrogens with one attached hydrogen (secondary N) is 1. The monoisotopic (exact) mass is 528 g/mol. The molecule has 3 aromatic rings. The minimum absolute atomic E-state index is 0.0196. The third kappa shape index (κ3) is 5.11. The lowest BCUT2D eigenvalue weighted by Gasteiger charge is -2.25. The molecule has 2 aromatic carbocycles. The molecular weight excluding hydrogens is 496 g/mol. The second-order valence-electron chi connectivity index (χ2n) is 9.67. The summed E-state index contributed by atoms with van der Waals surface area (Å²) in [6.45, 7) is 5.40. The van der Waals surface area contributed by atoms with Crippen molar-refractivity contribution in [1.82, 2.24) is 5.32 Å². The second-order valence-corrected chi connectivity index (χ2v) is 11.6. The summed E-state index contributed by atoms with van der Waals surface area (Å²) in [6, 6.07) is 11.2. The molecule has 0 unspecified atom stereocenters. The molecule has 1 N–H and O–H groups in total. The van der Waals surface area contributed by atoms with E-state index in [0.717, 1.165) is 17.5 Å². The molecule has 3 heterocycles. The second kappa shape index (κ2) is 10.1. The van der Waals surface area contributed by atoms with Gasteiger partial charge in [-0.15, -0.1) is 0 Å². The lowest BCUT2D eigenvalue weighted by atomic mass is 10.00. The molecule has 9 nitrogen and oxygen atoms in total. The van der Waals surface area contributed by atoms with Gasteiger partial charge in [-0.3, -0.25) is 9.10 Å². The Hall–Kier alpha value is -2.92. The van der Waals surface area contributed by atoms with Crippen LogP contribution in [0, 0.1) is 6.92 Å². The van der Waals surface area contributed by atoms with Gasteiger partial charge in [-0.25, -0.2) is 8.42 Å². The van der Waals surface area contributed by atoms with Gasteiger partial charge >= 0.3 is 0 Å². The Labute approximate surface area is 216 Å². The average molecular weight is 529 g/mol. The Kier molecular flexibility index (Phi) is 7.01. The van der Waals surface area contributed by atoms with Crippen molar-refractivity contribution in [3.63, 3.8) is 0 Å². The van der Waals surface area contributed by atoms with Crippen LogP contribution in [0.2, 0.25) is 0 Å². The third-order valence-corrected chi connectivity index (χ3v) is 8.03. The highest BCUT2D eigenvalue weighted by Crippen LogP contribution is 2.42. The van der Waals surface area contributed by atoms with Crippen molar-refractivity contribution in [3.05, 3.63) is 53.1 Å². The molecule has 5 rings (SSSR count). The van der Waals surface area contributed by atoms with E-state index in [1.54, 1.807) is 13.1 Å². The van der Waals surface area contributed by atoms with Gasteiger partial charge in [0.15, 0.2) is 0 Å². The summed E-state index contributed by atoms with van der Waals surface area (Å²) in [5.41, 5.74) is 3.79. The van der Waals surface area contributed by atoms with Gasteiger partial charge in [-0.05, 0) is 26.3 Å². The quantitative estimate of drug-likeness (QED) is 0.519. The van der Waals surface area contributed by atoms with Crippen molar-refractivity contribution in [2.45, 2.75) is 38.6 Å². The maximum atomic E-state index is 13.0. The largest absolute Gasteiger partial charge is 0.455 e. The van der Waals surface area contributed by atoms with Crippen LogP contribution in [0.25, 0.3) is 22.3 Å². The van der Waals surface area contributed by atoms with E-state index in [2.05, 4.69) is 5.32 Å². The van der Waals surface area contributed by atoms with Crippen molar-refractivity contribution in [1.29, 1.82) is 0 Å². The number of aryl methyl sites for hydroxylation is 1. The van der Waals surface area contributed by atoms with Gasteiger partial charge in [0.2, 0.25) is 10.0 Å². The molecule has 0 bridgehead atoms. The molecular formula is C27H32N2O7S. The van der Waals surface area contributed by atoms with E-state index in [1.807, 2.05) is 44.2 Å². The first-order valence-electron chi connectivity index (χ1n) is 12.4. The van der Waals surface area contributed by atoms with Crippen molar-refractivity contribution >= 4 is 32.6 Å². The number of ether oxygens (including phenoxy) is 3. The Morgan fingerprint density at radius 2 is 1.97 bits per heavy atom. The Morgan fingerprint density at radius 1 is 1.22 bits per heavy atom. The van der Waals surface area contributed by atoms with E-state index in [-0.39, 0.29) is 25.2 Å². The molecule has 3 atom stereocenters. The standard InChI is InChI=1S/C27H32N2O7S/c1-16-5-7-18(8-6-16)26-25(27(30)28-3)22-11-21-17(2)35-20(15-34-19-9-10-33-14-19)13-29(37(4,31)32)23(21)12-24(22)36-26/h5-8,11-12,17,19-20H,9-10,13-15H2,1-4H3,(H,28,30)/t17-,19-,20-/m0/s1. The number of nitrogens with zero attached hydrogens (tertiary/aromatic N) is 1. The van der Waals surface area contributed by atoms with Crippen LogP contribution >= 0.6 is 0 Å². The molecule has 1 amide bonds. The fourth-order valence-corrected chi connectivity index (χ4v) is 5.88. The summed E-state index contributed by atoms with van der Waals surface area (Å²) < 4.78 is 51.1. The minimum atomic E-state index is -3.65. The molecule has 1 saturated heterocycles. The van der Waals surface area contributed by atoms with Crippen LogP contribution in [0.15, 0.2) is 40.8 Å². The van der Waals surface area contributed by atoms with Crippen LogP contribution in [0.4, 0.5) is 5.69 Å². The summed E-state index contributed by atoms with van der Waals surface area (Å²) in [7, 11) is -2.08. The number of rotatable bonds is 6. The van der Waals surface area contributed by atoms with Gasteiger partial charge in [0, 0.05) is 36.2 Å². The molecule has 0 saturated carbocycles. The summed E-state index contributed by atoms with van der Waals surface area (Å²) >= 11 is 0. The Bertz CT molecular complexity index is 1410. The SMILES string of the molecule is CNC(=O)c1c(-c2ccc(C)cc2)oc2cc3c(cc12)[C@H](C)O[C@H](CO[C@H]1CCOC1)CN3S(C)(=O)=O. The highest BCUT2D eigenvalue weighted by molar-refractivity contribution is 7.92. The smallest absolute Gasteiger partial charge is 0.255 e. The van der Waals surface area contributed by atoms with E-state index < -0.39 is 22.2 Å². The van der Waals surface area contributed by atoms with Crippen molar-refractivity contribution in [2.24, 2.45) is 0 Å². The number of hydrogen-bond donors (Lipinski definition) is 1. The van der Waals surface area contributed by atoms with Crippen LogP contribution in [-0.2, 0) is 24.2 Å². The van der Waals surface area contributed by atoms with Crippen molar-refractivity contribution < 1.29 is 31.8 Å². The fourth-order valence-electron chi connectivity index (χ4n) is 4.93. The van der Waals surface area contributed by atoms with E-state index in [4.69, 9.17) is 18.6 Å². The molecule has 10 heteroatoms. The van der Waals surface area contributed by atoms with E-state index in [0.29, 0.717) is 46.8 Å². The van der Waals surface area contributed by atoms with Gasteiger partial charge in [-0.1, -0.05) is 29.8 Å². The summed E-state index contributed by atoms with van der Waals surface area (Å²) in [5, 5.41) is 3.30. The van der Waals surface area contributed by atoms with Gasteiger partial charge in [0.25, 0.3) is 5.91 Å². The molecule has 2 aliphatic rings. The van der Waals surface area contributed by atoms with Crippen LogP contribution in [0.5, 0.6) is 0 Å². The van der Waals surface area contributed by atoms with Crippen LogP contribution in [-0.4, -0.2) is 66.2 Å². The minimum Gasteiger partial charge on any atom is -0.455 e. The molecule has 0 aliphatic carbocycles. The predicted molar refractivity (Wildman–Crippen MR) is 140 cm³/mol. The molecule has 1 aromatic heterocycles. The molecule has 198 valence electrons. The zero-order valence-electron chi connectivity index (χ0n) is 21.4. The number of carbonyl (C=O) groups is 1. The first kappa shape index (κ1) is 25.7. The molecule has 2 aliphatic heterocycles. The summed E-state index contributed by atoms with van der Waals surface area (Å²) in [6.07, 6.45) is 1.03. The van der Waals surface area contributed by atoms with Gasteiger partial charge in [-0.2, -0.15) is 0 Å². The predicted octanol–water partition coefficient (Wildman–Crippen LogP) is 3.80. The summed E-state index contributed by atoms with van der Waals surface area (Å²) in [5.74, 6) is 0.139. The number of furan rings is 1. The maximum Gasteiger partial charge on any atom is 0.255 e. The van der Waals surface area contributed by atoms with Crippen molar-refractivity contribution in [2.75, 3.05) is 44.0 Å². The van der Waals surface area contributed by atoms with Crippen LogP contribution < -0.4 is 9.62 Å². The number of hydrogen-bond acceptors (Lipinski definition) is 7. The normalized spacial score (nSPS) is 22.2. The fraction of sp³-hybridized carbons (Fsp3) is 0.444. The van der Waals surface area contributed by atoms with E-state index in [1.165, 1.54) is 10.6 Å². The zero-order valence-corrected chi connectivity index (χ0v) is 22.3. The average Bonchev–Trinajstić information content (AvgIpc) is 3.48. The van der Waals surface area contributed by atoms with Gasteiger partial charge < -0.3 is 23.9 Å². The number of sulfonamides is 1. The lowest BCUT2D eigenvalue weighted by Crippen LogP contribution is -2.39. The number of fused-ring (bicyclic) bond motifs is 2. The van der Waals surface area contributed by atoms with E-state index in [9.17, 15) is 13.2 Å². The first-order chi connectivity index (χ1) is 17.7. The van der Waals surface area contributed by atoms with E-state index >= 15 is 0 Å². The van der Waals surface area contributed by atoms with Gasteiger partial charge in [0.1, 0.15) is 17.4 Å². The highest BCUT2D eigenvalue weighted by Gasteiger charge is 2.34. The zero-order chi connectivity index (χ0) is 26.3. The summed E-state index contributed by atoms with van der Waals surface area (Å²) in [4.78, 5) is 13.0. The first-order valence-corrected chi connectivity index (χ1v) is 14.2.